The quantitative estimate of drug-likeness (QED) is 0.731. The third kappa shape index (κ3) is 4.00. The lowest BCUT2D eigenvalue weighted by Gasteiger charge is -2.36. The monoisotopic (exact) mass is 422 g/mol. The zero-order valence-electron chi connectivity index (χ0n) is 16.3. The topological polar surface area (TPSA) is 72.9 Å². The van der Waals surface area contributed by atoms with Gasteiger partial charge in [-0.25, -0.2) is 18.4 Å². The van der Waals surface area contributed by atoms with Crippen LogP contribution >= 0.6 is 11.3 Å². The molecule has 2 aromatic rings. The average Bonchev–Trinajstić information content (AvgIpc) is 3.16. The van der Waals surface area contributed by atoms with E-state index in [2.05, 4.69) is 31.7 Å². The number of likely N-dealkylation sites (N-methyl/N-ethyl adjacent to an activating group) is 1. The molecule has 10 heteroatoms. The number of nitrogens with zero attached hydrogens (tertiary/aromatic N) is 6. The van der Waals surface area contributed by atoms with Gasteiger partial charge in [0.1, 0.15) is 22.2 Å². The highest BCUT2D eigenvalue weighted by Crippen LogP contribution is 2.26. The number of sulfonamides is 1. The molecule has 8 nitrogen and oxygen atoms in total. The van der Waals surface area contributed by atoms with Crippen LogP contribution in [-0.2, 0) is 10.0 Å². The Bertz CT molecular complexity index is 916. The smallest absolute Gasteiger partial charge is 0.252 e. The zero-order chi connectivity index (χ0) is 19.7. The Kier molecular flexibility index (Phi) is 5.55. The van der Waals surface area contributed by atoms with Crippen LogP contribution in [0.3, 0.4) is 0 Å². The van der Waals surface area contributed by atoms with Gasteiger partial charge in [0, 0.05) is 63.3 Å². The maximum Gasteiger partial charge on any atom is 0.252 e. The fraction of sp³-hybridized carbons (Fsp3) is 0.556. The number of aromatic nitrogens is 2. The van der Waals surface area contributed by atoms with Crippen LogP contribution in [0.15, 0.2) is 28.7 Å². The van der Waals surface area contributed by atoms with Gasteiger partial charge in [-0.1, -0.05) is 0 Å². The zero-order valence-corrected chi connectivity index (χ0v) is 17.9. The average molecular weight is 423 g/mol. The minimum atomic E-state index is -3.40. The molecule has 2 saturated heterocycles. The highest BCUT2D eigenvalue weighted by molar-refractivity contribution is 7.91. The Morgan fingerprint density at radius 3 is 2.00 bits per heavy atom. The van der Waals surface area contributed by atoms with Gasteiger partial charge < -0.3 is 14.7 Å². The molecule has 0 amide bonds. The largest absolute Gasteiger partial charge is 0.354 e. The number of aryl methyl sites for hydroxylation is 1. The molecule has 4 heterocycles. The Balaban J connectivity index is 1.42. The van der Waals surface area contributed by atoms with Crippen LogP contribution in [0.1, 0.15) is 4.88 Å². The standard InChI is InChI=1S/C18H26N6O2S2/c1-15-3-4-18(27-15)28(25,26)24-11-9-23(10-12-24)17-13-16(19-14-20-17)22-7-5-21(2)6-8-22/h3-4,13-14H,5-12H2,1-2H3. The number of hydrogen-bond donors (Lipinski definition) is 0. The van der Waals surface area contributed by atoms with E-state index in [0.717, 1.165) is 42.7 Å². The maximum absolute atomic E-state index is 12.8. The molecule has 0 N–H and O–H groups in total. The molecule has 2 aromatic heterocycles. The number of hydrogen-bond acceptors (Lipinski definition) is 8. The minimum absolute atomic E-state index is 0.429. The van der Waals surface area contributed by atoms with Gasteiger partial charge in [-0.2, -0.15) is 4.31 Å². The van der Waals surface area contributed by atoms with E-state index >= 15 is 0 Å². The first kappa shape index (κ1) is 19.6. The van der Waals surface area contributed by atoms with Gasteiger partial charge in [-0.3, -0.25) is 0 Å². The first-order valence-electron chi connectivity index (χ1n) is 9.50. The minimum Gasteiger partial charge on any atom is -0.354 e. The molecule has 0 bridgehead atoms. The van der Waals surface area contributed by atoms with Crippen LogP contribution in [0.5, 0.6) is 0 Å². The van der Waals surface area contributed by atoms with Gasteiger partial charge in [0.05, 0.1) is 0 Å². The van der Waals surface area contributed by atoms with Gasteiger partial charge in [0.25, 0.3) is 10.0 Å². The summed E-state index contributed by atoms with van der Waals surface area (Å²) >= 11 is 1.33. The Morgan fingerprint density at radius 1 is 0.893 bits per heavy atom. The summed E-state index contributed by atoms with van der Waals surface area (Å²) < 4.78 is 27.6. The third-order valence-corrected chi connectivity index (χ3v) is 8.70. The third-order valence-electron chi connectivity index (χ3n) is 5.34. The summed E-state index contributed by atoms with van der Waals surface area (Å²) in [5.74, 6) is 1.81. The molecule has 4 rings (SSSR count). The number of piperazine rings is 2. The predicted octanol–water partition coefficient (Wildman–Crippen LogP) is 1.11. The lowest BCUT2D eigenvalue weighted by atomic mass is 10.3. The van der Waals surface area contributed by atoms with Crippen molar-refractivity contribution in [2.75, 3.05) is 69.2 Å². The first-order valence-corrected chi connectivity index (χ1v) is 11.8. The number of anilines is 2. The van der Waals surface area contributed by atoms with E-state index in [0.29, 0.717) is 30.4 Å². The molecule has 2 aliphatic rings. The molecular weight excluding hydrogens is 396 g/mol. The van der Waals surface area contributed by atoms with E-state index in [1.807, 2.05) is 19.1 Å². The molecule has 0 radical (unpaired) electrons. The van der Waals surface area contributed by atoms with Crippen LogP contribution in [-0.4, -0.2) is 87.0 Å². The van der Waals surface area contributed by atoms with Crippen molar-refractivity contribution in [2.45, 2.75) is 11.1 Å². The molecule has 0 aliphatic carbocycles. The molecule has 0 saturated carbocycles. The SMILES string of the molecule is Cc1ccc(S(=O)(=O)N2CCN(c3cc(N4CCN(C)CC4)ncn3)CC2)s1. The van der Waals surface area contributed by atoms with Crippen molar-refractivity contribution in [3.8, 4) is 0 Å². The molecule has 0 spiro atoms. The summed E-state index contributed by atoms with van der Waals surface area (Å²) in [6.45, 7) is 8.08. The van der Waals surface area contributed by atoms with Crippen molar-refractivity contribution in [1.29, 1.82) is 0 Å². The van der Waals surface area contributed by atoms with E-state index in [1.165, 1.54) is 11.3 Å². The van der Waals surface area contributed by atoms with E-state index in [1.54, 1.807) is 16.7 Å². The van der Waals surface area contributed by atoms with Crippen LogP contribution in [0.2, 0.25) is 0 Å². The summed E-state index contributed by atoms with van der Waals surface area (Å²) in [7, 11) is -1.27. The van der Waals surface area contributed by atoms with Gasteiger partial charge in [-0.15, -0.1) is 11.3 Å². The van der Waals surface area contributed by atoms with Gasteiger partial charge in [0.2, 0.25) is 0 Å². The number of thiophene rings is 1. The molecule has 2 aliphatic heterocycles. The highest BCUT2D eigenvalue weighted by Gasteiger charge is 2.30. The fourth-order valence-electron chi connectivity index (χ4n) is 3.55. The highest BCUT2D eigenvalue weighted by atomic mass is 32.2. The van der Waals surface area contributed by atoms with Gasteiger partial charge in [0.15, 0.2) is 0 Å². The van der Waals surface area contributed by atoms with E-state index in [4.69, 9.17) is 0 Å². The summed E-state index contributed by atoms with van der Waals surface area (Å²) in [4.78, 5) is 16.6. The lowest BCUT2D eigenvalue weighted by Crippen LogP contribution is -2.49. The van der Waals surface area contributed by atoms with Crippen molar-refractivity contribution >= 4 is 33.0 Å². The lowest BCUT2D eigenvalue weighted by molar-refractivity contribution is 0.312. The molecule has 0 unspecified atom stereocenters. The van der Waals surface area contributed by atoms with E-state index < -0.39 is 10.0 Å². The summed E-state index contributed by atoms with van der Waals surface area (Å²) in [5, 5.41) is 0. The molecule has 0 aromatic carbocycles. The Hall–Kier alpha value is -1.75. The fourth-order valence-corrected chi connectivity index (χ4v) is 6.41. The summed E-state index contributed by atoms with van der Waals surface area (Å²) in [6, 6.07) is 5.58. The summed E-state index contributed by atoms with van der Waals surface area (Å²) in [6.07, 6.45) is 1.61. The molecule has 0 atom stereocenters. The van der Waals surface area contributed by atoms with Crippen LogP contribution < -0.4 is 9.80 Å². The second-order valence-electron chi connectivity index (χ2n) is 7.28. The van der Waals surface area contributed by atoms with Crippen LogP contribution in [0, 0.1) is 6.92 Å². The van der Waals surface area contributed by atoms with Crippen LogP contribution in [0.25, 0.3) is 0 Å². The van der Waals surface area contributed by atoms with Gasteiger partial charge >= 0.3 is 0 Å². The molecule has 2 fully saturated rings. The van der Waals surface area contributed by atoms with Crippen molar-refractivity contribution < 1.29 is 8.42 Å². The van der Waals surface area contributed by atoms with Crippen molar-refractivity contribution in [1.82, 2.24) is 19.2 Å². The maximum atomic E-state index is 12.8. The second-order valence-corrected chi connectivity index (χ2v) is 10.7. The van der Waals surface area contributed by atoms with E-state index in [-0.39, 0.29) is 0 Å². The Morgan fingerprint density at radius 2 is 1.46 bits per heavy atom. The van der Waals surface area contributed by atoms with Crippen molar-refractivity contribution in [3.63, 3.8) is 0 Å². The molecular formula is C18H26N6O2S2. The first-order chi connectivity index (χ1) is 13.4. The van der Waals surface area contributed by atoms with Crippen LogP contribution in [0.4, 0.5) is 11.6 Å². The number of rotatable bonds is 4. The normalized spacial score (nSPS) is 19.9. The summed E-state index contributed by atoms with van der Waals surface area (Å²) in [5.41, 5.74) is 0. The molecule has 28 heavy (non-hydrogen) atoms. The Labute approximate surface area is 170 Å². The van der Waals surface area contributed by atoms with Crippen molar-refractivity contribution in [3.05, 3.63) is 29.4 Å². The second kappa shape index (κ2) is 7.94. The van der Waals surface area contributed by atoms with Crippen molar-refractivity contribution in [2.24, 2.45) is 0 Å². The predicted molar refractivity (Wildman–Crippen MR) is 112 cm³/mol. The van der Waals surface area contributed by atoms with Gasteiger partial charge in [-0.05, 0) is 26.1 Å². The molecule has 152 valence electrons. The van der Waals surface area contributed by atoms with E-state index in [9.17, 15) is 8.42 Å².